The number of β-lactam (4-membered cyclic amide) rings is 1. The zero-order valence-corrected chi connectivity index (χ0v) is 13.9. The number of hydrogen-bond donors (Lipinski definition) is 1. The average molecular weight is 359 g/mol. The first kappa shape index (κ1) is 16.6. The van der Waals surface area contributed by atoms with Gasteiger partial charge in [-0.15, -0.1) is 0 Å². The molecule has 2 unspecified atom stereocenters. The molecule has 2 atom stereocenters. The Balaban J connectivity index is 1.74. The van der Waals surface area contributed by atoms with Gasteiger partial charge in [0.2, 0.25) is 0 Å². The van der Waals surface area contributed by atoms with Gasteiger partial charge in [0.25, 0.3) is 5.91 Å². The number of nitrogens with one attached hydrogen (secondary N) is 1. The highest BCUT2D eigenvalue weighted by Gasteiger charge is 2.66. The van der Waals surface area contributed by atoms with Gasteiger partial charge in [0, 0.05) is 12.1 Å². The molecule has 134 valence electrons. The van der Waals surface area contributed by atoms with Crippen molar-refractivity contribution in [2.45, 2.75) is 31.1 Å². The predicted molar refractivity (Wildman–Crippen MR) is 91.8 cm³/mol. The van der Waals surface area contributed by atoms with Gasteiger partial charge in [-0.25, -0.2) is 0 Å². The van der Waals surface area contributed by atoms with E-state index in [4.69, 9.17) is 0 Å². The summed E-state index contributed by atoms with van der Waals surface area (Å²) in [6.45, 7) is 1.93. The second kappa shape index (κ2) is 5.59. The van der Waals surface area contributed by atoms with Gasteiger partial charge in [-0.3, -0.25) is 15.1 Å². The Morgan fingerprint density at radius 1 is 1.12 bits per heavy atom. The highest BCUT2D eigenvalue weighted by atomic mass is 19.4. The molecule has 1 spiro atoms. The molecule has 7 heteroatoms. The second-order valence-corrected chi connectivity index (χ2v) is 6.64. The number of carbonyl (C=O) groups is 1. The summed E-state index contributed by atoms with van der Waals surface area (Å²) in [7, 11) is 0. The molecule has 1 amide bonds. The molecule has 1 N–H and O–H groups in total. The maximum absolute atomic E-state index is 13.1. The summed E-state index contributed by atoms with van der Waals surface area (Å²) in [5.74, 6) is -0.404. The fraction of sp³-hybridized carbons (Fsp3) is 0.263. The van der Waals surface area contributed by atoms with E-state index in [1.807, 2.05) is 37.3 Å². The van der Waals surface area contributed by atoms with Gasteiger partial charge in [-0.1, -0.05) is 48.0 Å². The van der Waals surface area contributed by atoms with Crippen molar-refractivity contribution in [2.24, 2.45) is 5.10 Å². The summed E-state index contributed by atoms with van der Waals surface area (Å²) in [6, 6.07) is 15.8. The molecule has 26 heavy (non-hydrogen) atoms. The summed E-state index contributed by atoms with van der Waals surface area (Å²) in [6.07, 6.45) is -5.03. The number of anilines is 1. The van der Waals surface area contributed by atoms with Crippen LogP contribution in [-0.2, 0) is 4.79 Å². The molecule has 2 aliphatic rings. The maximum atomic E-state index is 13.1. The lowest BCUT2D eigenvalue weighted by Gasteiger charge is -2.54. The summed E-state index contributed by atoms with van der Waals surface area (Å²) in [5, 5.41) is 3.44. The van der Waals surface area contributed by atoms with Gasteiger partial charge in [-0.05, 0) is 24.6 Å². The van der Waals surface area contributed by atoms with Crippen LogP contribution < -0.4 is 10.3 Å². The fourth-order valence-corrected chi connectivity index (χ4v) is 3.60. The quantitative estimate of drug-likeness (QED) is 0.831. The number of hydrazone groups is 1. The van der Waals surface area contributed by atoms with Crippen LogP contribution in [0.15, 0.2) is 59.7 Å². The molecule has 4 rings (SSSR count). The Morgan fingerprint density at radius 3 is 2.35 bits per heavy atom. The number of nitrogens with zero attached hydrogens (tertiary/aromatic N) is 2. The van der Waals surface area contributed by atoms with Crippen molar-refractivity contribution in [3.63, 3.8) is 0 Å². The first-order valence-electron chi connectivity index (χ1n) is 8.19. The summed E-state index contributed by atoms with van der Waals surface area (Å²) in [5.41, 5.74) is 2.63. The molecule has 1 fully saturated rings. The van der Waals surface area contributed by atoms with Gasteiger partial charge < -0.3 is 0 Å². The zero-order chi connectivity index (χ0) is 18.5. The van der Waals surface area contributed by atoms with E-state index in [2.05, 4.69) is 10.5 Å². The largest absolute Gasteiger partial charge is 0.431 e. The van der Waals surface area contributed by atoms with Crippen LogP contribution in [0.3, 0.4) is 0 Å². The number of aryl methyl sites for hydroxylation is 1. The first-order valence-corrected chi connectivity index (χ1v) is 8.19. The average Bonchev–Trinajstić information content (AvgIpc) is 3.09. The molecular formula is C19H16F3N3O. The van der Waals surface area contributed by atoms with Gasteiger partial charge in [0.15, 0.2) is 5.54 Å². The molecule has 0 radical (unpaired) electrons. The third-order valence-electron chi connectivity index (χ3n) is 4.92. The van der Waals surface area contributed by atoms with Crippen molar-refractivity contribution in [1.82, 2.24) is 5.43 Å². The number of alkyl halides is 3. The number of amides is 1. The van der Waals surface area contributed by atoms with Gasteiger partial charge in [0.05, 0.1) is 6.04 Å². The highest BCUT2D eigenvalue weighted by Crippen LogP contribution is 2.50. The minimum Gasteiger partial charge on any atom is -0.300 e. The molecule has 2 aromatic rings. The number of rotatable bonds is 2. The van der Waals surface area contributed by atoms with Crippen molar-refractivity contribution in [3.8, 4) is 0 Å². The van der Waals surface area contributed by atoms with E-state index in [9.17, 15) is 18.0 Å². The summed E-state index contributed by atoms with van der Waals surface area (Å²) < 4.78 is 39.3. The summed E-state index contributed by atoms with van der Waals surface area (Å²) >= 11 is 0. The molecule has 0 bridgehead atoms. The van der Waals surface area contributed by atoms with Gasteiger partial charge in [-0.2, -0.15) is 18.3 Å². The van der Waals surface area contributed by atoms with E-state index in [0.29, 0.717) is 5.69 Å². The fourth-order valence-electron chi connectivity index (χ4n) is 3.60. The lowest BCUT2D eigenvalue weighted by Crippen LogP contribution is -2.73. The van der Waals surface area contributed by atoms with Crippen LogP contribution in [0.2, 0.25) is 0 Å². The van der Waals surface area contributed by atoms with E-state index < -0.39 is 35.8 Å². The van der Waals surface area contributed by atoms with Crippen molar-refractivity contribution in [3.05, 3.63) is 65.7 Å². The highest BCUT2D eigenvalue weighted by molar-refractivity contribution is 6.13. The number of benzene rings is 2. The lowest BCUT2D eigenvalue weighted by atomic mass is 9.72. The molecule has 1 saturated heterocycles. The van der Waals surface area contributed by atoms with Crippen LogP contribution >= 0.6 is 0 Å². The van der Waals surface area contributed by atoms with Crippen LogP contribution in [0, 0.1) is 6.92 Å². The predicted octanol–water partition coefficient (Wildman–Crippen LogP) is 3.73. The van der Waals surface area contributed by atoms with Crippen LogP contribution in [0.4, 0.5) is 18.9 Å². The zero-order valence-electron chi connectivity index (χ0n) is 13.9. The lowest BCUT2D eigenvalue weighted by molar-refractivity contribution is -0.134. The monoisotopic (exact) mass is 359 g/mol. The van der Waals surface area contributed by atoms with Gasteiger partial charge in [0.1, 0.15) is 5.71 Å². The molecular weight excluding hydrogens is 343 g/mol. The van der Waals surface area contributed by atoms with Gasteiger partial charge >= 0.3 is 6.18 Å². The molecule has 0 saturated carbocycles. The van der Waals surface area contributed by atoms with E-state index in [-0.39, 0.29) is 0 Å². The van der Waals surface area contributed by atoms with Crippen molar-refractivity contribution < 1.29 is 18.0 Å². The second-order valence-electron chi connectivity index (χ2n) is 6.64. The Hall–Kier alpha value is -2.83. The molecule has 2 aliphatic heterocycles. The third kappa shape index (κ3) is 2.38. The minimum atomic E-state index is -4.55. The Bertz CT molecular complexity index is 877. The summed E-state index contributed by atoms with van der Waals surface area (Å²) in [4.78, 5) is 14.5. The Morgan fingerprint density at radius 2 is 1.77 bits per heavy atom. The SMILES string of the molecule is Cc1ccc(N2C(=O)C3(CC(C(F)(F)F)=NN3)C2c2ccccc2)cc1. The molecule has 2 heterocycles. The van der Waals surface area contributed by atoms with Crippen LogP contribution in [0.1, 0.15) is 23.6 Å². The van der Waals surface area contributed by atoms with Crippen LogP contribution in [-0.4, -0.2) is 23.3 Å². The first-order chi connectivity index (χ1) is 12.3. The Kier molecular flexibility index (Phi) is 3.57. The maximum Gasteiger partial charge on any atom is 0.431 e. The van der Waals surface area contributed by atoms with E-state index in [0.717, 1.165) is 11.1 Å². The Labute approximate surface area is 148 Å². The van der Waals surface area contributed by atoms with E-state index >= 15 is 0 Å². The third-order valence-corrected chi connectivity index (χ3v) is 4.92. The molecule has 0 aromatic heterocycles. The normalized spacial score (nSPS) is 25.1. The number of carbonyl (C=O) groups excluding carboxylic acids is 1. The van der Waals surface area contributed by atoms with Crippen molar-refractivity contribution >= 4 is 17.3 Å². The standard InChI is InChI=1S/C19H16F3N3O/c1-12-7-9-14(10-8-12)25-16(13-5-3-2-4-6-13)18(17(25)26)11-15(23-24-18)19(20,21)22/h2-10,16,24H,11H2,1H3. The number of halogens is 3. The minimum absolute atomic E-state index is 0.404. The molecule has 4 nitrogen and oxygen atoms in total. The van der Waals surface area contributed by atoms with E-state index in [1.165, 1.54) is 4.90 Å². The van der Waals surface area contributed by atoms with Crippen molar-refractivity contribution in [2.75, 3.05) is 4.90 Å². The molecule has 0 aliphatic carbocycles. The van der Waals surface area contributed by atoms with Crippen molar-refractivity contribution in [1.29, 1.82) is 0 Å². The van der Waals surface area contributed by atoms with Crippen LogP contribution in [0.25, 0.3) is 0 Å². The topological polar surface area (TPSA) is 44.7 Å². The van der Waals surface area contributed by atoms with E-state index in [1.54, 1.807) is 24.3 Å². The molecule has 2 aromatic carbocycles. The van der Waals surface area contributed by atoms with Crippen LogP contribution in [0.5, 0.6) is 0 Å². The smallest absolute Gasteiger partial charge is 0.300 e. The number of hydrogen-bond acceptors (Lipinski definition) is 3.